The van der Waals surface area contributed by atoms with Crippen LogP contribution in [0.2, 0.25) is 0 Å². The van der Waals surface area contributed by atoms with E-state index in [0.29, 0.717) is 28.1 Å². The molecule has 0 saturated carbocycles. The Morgan fingerprint density at radius 3 is 2.18 bits per heavy atom. The summed E-state index contributed by atoms with van der Waals surface area (Å²) in [4.78, 5) is 29.3. The summed E-state index contributed by atoms with van der Waals surface area (Å²) in [6.07, 6.45) is 1.83. The number of nitrogens with zero attached hydrogens (tertiary/aromatic N) is 7. The average molecular weight is 541 g/mol. The summed E-state index contributed by atoms with van der Waals surface area (Å²) in [6, 6.07) is 15.2. The van der Waals surface area contributed by atoms with Gasteiger partial charge in [0, 0.05) is 43.5 Å². The third kappa shape index (κ3) is 5.83. The Bertz CT molecular complexity index is 1440. The minimum atomic E-state index is -0.196. The van der Waals surface area contributed by atoms with Crippen molar-refractivity contribution in [1.82, 2.24) is 20.1 Å². The van der Waals surface area contributed by atoms with Crippen LogP contribution in [0.15, 0.2) is 62.9 Å². The first-order valence-corrected chi connectivity index (χ1v) is 11.8. The van der Waals surface area contributed by atoms with Gasteiger partial charge in [-0.1, -0.05) is 33.2 Å². The van der Waals surface area contributed by atoms with Crippen LogP contribution in [0.25, 0.3) is 6.08 Å². The number of benzene rings is 2. The summed E-state index contributed by atoms with van der Waals surface area (Å²) in [5.41, 5.74) is 2.22. The number of nitrogens with one attached hydrogen (secondary N) is 2. The predicted molar refractivity (Wildman–Crippen MR) is 138 cm³/mol. The molecule has 12 heteroatoms. The lowest BCUT2D eigenvalue weighted by atomic mass is 10.2. The molecule has 2 N–H and O–H groups in total. The van der Waals surface area contributed by atoms with E-state index in [0.717, 1.165) is 15.7 Å². The molecule has 0 aliphatic heterocycles. The summed E-state index contributed by atoms with van der Waals surface area (Å²) in [6.45, 7) is 0. The van der Waals surface area contributed by atoms with E-state index in [1.165, 1.54) is 15.4 Å². The summed E-state index contributed by atoms with van der Waals surface area (Å²) in [7, 11) is 7.51. The fraction of sp³-hybridized carbons (Fsp3) is 0.182. The second-order valence-electron chi connectivity index (χ2n) is 7.69. The van der Waals surface area contributed by atoms with E-state index in [2.05, 4.69) is 46.4 Å². The van der Waals surface area contributed by atoms with E-state index >= 15 is 0 Å². The number of rotatable bonds is 6. The second kappa shape index (κ2) is 10.1. The van der Waals surface area contributed by atoms with Crippen molar-refractivity contribution in [3.63, 3.8) is 0 Å². The van der Waals surface area contributed by atoms with Crippen molar-refractivity contribution < 1.29 is 3.87 Å². The van der Waals surface area contributed by atoms with Crippen molar-refractivity contribution in [2.45, 2.75) is 0 Å². The van der Waals surface area contributed by atoms with Gasteiger partial charge in [-0.25, -0.2) is 0 Å². The zero-order valence-electron chi connectivity index (χ0n) is 19.0. The molecule has 0 aliphatic carbocycles. The lowest BCUT2D eigenvalue weighted by Gasteiger charge is -2.16. The van der Waals surface area contributed by atoms with Gasteiger partial charge < -0.3 is 15.1 Å². The zero-order chi connectivity index (χ0) is 24.2. The van der Waals surface area contributed by atoms with Crippen LogP contribution in [0.4, 0.5) is 29.2 Å². The van der Waals surface area contributed by atoms with Gasteiger partial charge in [-0.3, -0.25) is 4.79 Å². The van der Waals surface area contributed by atoms with Crippen LogP contribution >= 0.6 is 27.5 Å². The highest BCUT2D eigenvalue weighted by atomic mass is 79.9. The molecule has 4 rings (SSSR count). The van der Waals surface area contributed by atoms with E-state index in [1.54, 1.807) is 0 Å². The molecule has 4 aromatic rings. The van der Waals surface area contributed by atoms with Crippen LogP contribution in [-0.4, -0.2) is 48.2 Å². The molecule has 0 saturated heterocycles. The predicted octanol–water partition coefficient (Wildman–Crippen LogP) is 2.74. The fourth-order valence-electron chi connectivity index (χ4n) is 2.80. The minimum Gasteiger partial charge on any atom is -0.347 e. The molecular weight excluding hydrogens is 518 g/mol. The third-order valence-electron chi connectivity index (χ3n) is 4.52. The molecule has 0 amide bonds. The number of anilines is 4. The number of aromatic amines is 1. The molecule has 0 radical (unpaired) electrons. The molecular formula is C22H23BrN9OS+. The molecule has 0 bridgehead atoms. The number of H-pyrrole nitrogens is 1. The molecule has 0 fully saturated rings. The molecule has 10 nitrogen and oxygen atoms in total. The van der Waals surface area contributed by atoms with Crippen molar-refractivity contribution in [1.29, 1.82) is 0 Å². The van der Waals surface area contributed by atoms with Gasteiger partial charge in [0.05, 0.1) is 0 Å². The molecule has 2 aromatic carbocycles. The normalized spacial score (nSPS) is 12.1. The maximum absolute atomic E-state index is 12.3. The Kier molecular flexibility index (Phi) is 6.98. The van der Waals surface area contributed by atoms with Crippen molar-refractivity contribution in [3.05, 3.63) is 73.5 Å². The summed E-state index contributed by atoms with van der Waals surface area (Å²) in [5.74, 6) is 1.56. The fourth-order valence-corrected chi connectivity index (χ4v) is 3.83. The van der Waals surface area contributed by atoms with Gasteiger partial charge in [-0.05, 0) is 48.0 Å². The second-order valence-corrected chi connectivity index (χ2v) is 9.57. The standard InChI is InChI=1S/C22H22BrN9OS/c1-30(2)21-25-20(26-22(27-21)31(3)4)24-16-9-11-17(12-10-16)28-32-29-19(33)18(34-32)13-14-5-7-15(23)8-6-14/h5-13H,1-4H3,(H,29,33)/p+1/b18-13-. The SMILES string of the molecule is CN(C)c1nc(Nc2ccc(N=[n+]3[nH]c(=O)/c(=C/c4ccc(Br)cc4)s3)cc2)nc(N(C)C)n1. The topological polar surface area (TPSA) is 108 Å². The van der Waals surface area contributed by atoms with Crippen molar-refractivity contribution in [3.8, 4) is 0 Å². The molecule has 174 valence electrons. The summed E-state index contributed by atoms with van der Waals surface area (Å²) >= 11 is 4.64. The van der Waals surface area contributed by atoms with Crippen molar-refractivity contribution in [2.75, 3.05) is 43.3 Å². The van der Waals surface area contributed by atoms with E-state index in [4.69, 9.17) is 0 Å². The Balaban J connectivity index is 1.56. The van der Waals surface area contributed by atoms with Crippen LogP contribution in [-0.2, 0) is 0 Å². The Morgan fingerprint density at radius 2 is 1.59 bits per heavy atom. The molecule has 0 unspecified atom stereocenters. The highest BCUT2D eigenvalue weighted by Gasteiger charge is 2.10. The monoisotopic (exact) mass is 540 g/mol. The Hall–Kier alpha value is -3.64. The van der Waals surface area contributed by atoms with Gasteiger partial charge in [0.15, 0.2) is 4.53 Å². The molecule has 0 spiro atoms. The van der Waals surface area contributed by atoms with Crippen LogP contribution in [0, 0.1) is 0 Å². The van der Waals surface area contributed by atoms with Gasteiger partial charge >= 0.3 is 5.56 Å². The van der Waals surface area contributed by atoms with Gasteiger partial charge in [0.1, 0.15) is 9.56 Å². The first kappa shape index (κ1) is 23.5. The molecule has 0 aliphatic rings. The van der Waals surface area contributed by atoms with E-state index in [1.807, 2.05) is 92.6 Å². The van der Waals surface area contributed by atoms with Gasteiger partial charge in [-0.15, -0.1) is 0 Å². The lowest BCUT2D eigenvalue weighted by molar-refractivity contribution is -0.537. The number of halogens is 1. The maximum atomic E-state index is 12.3. The van der Waals surface area contributed by atoms with Crippen LogP contribution in [0.1, 0.15) is 5.56 Å². The largest absolute Gasteiger partial charge is 0.347 e. The zero-order valence-corrected chi connectivity index (χ0v) is 21.4. The molecule has 2 aromatic heterocycles. The van der Waals surface area contributed by atoms with Crippen LogP contribution in [0.5, 0.6) is 0 Å². The number of hydrogen-bond donors (Lipinski definition) is 2. The van der Waals surface area contributed by atoms with E-state index < -0.39 is 0 Å². The number of aromatic nitrogens is 5. The molecule has 34 heavy (non-hydrogen) atoms. The summed E-state index contributed by atoms with van der Waals surface area (Å²) < 4.78 is 3.00. The van der Waals surface area contributed by atoms with Gasteiger partial charge in [0.2, 0.25) is 29.4 Å². The Labute approximate surface area is 208 Å². The lowest BCUT2D eigenvalue weighted by Crippen LogP contribution is -2.22. The first-order valence-electron chi connectivity index (χ1n) is 10.2. The van der Waals surface area contributed by atoms with Gasteiger partial charge in [0.25, 0.3) is 0 Å². The highest BCUT2D eigenvalue weighted by molar-refractivity contribution is 9.10. The summed E-state index contributed by atoms with van der Waals surface area (Å²) in [5, 5.41) is 10.4. The maximum Gasteiger partial charge on any atom is 0.325 e. The third-order valence-corrected chi connectivity index (χ3v) is 5.89. The van der Waals surface area contributed by atoms with E-state index in [9.17, 15) is 4.79 Å². The van der Waals surface area contributed by atoms with E-state index in [-0.39, 0.29) is 5.56 Å². The van der Waals surface area contributed by atoms with Gasteiger partial charge in [-0.2, -0.15) is 15.0 Å². The Morgan fingerprint density at radius 1 is 0.971 bits per heavy atom. The quantitative estimate of drug-likeness (QED) is 0.362. The van der Waals surface area contributed by atoms with Crippen LogP contribution < -0.4 is 29.1 Å². The average Bonchev–Trinajstić information content (AvgIpc) is 3.14. The van der Waals surface area contributed by atoms with Crippen LogP contribution in [0.3, 0.4) is 0 Å². The number of hydrogen-bond acceptors (Lipinski definition) is 9. The molecule has 2 heterocycles. The minimum absolute atomic E-state index is 0.196. The van der Waals surface area contributed by atoms with Crippen molar-refractivity contribution in [2.24, 2.45) is 5.11 Å². The molecule has 0 atom stereocenters. The van der Waals surface area contributed by atoms with Crippen molar-refractivity contribution >= 4 is 62.8 Å². The highest BCUT2D eigenvalue weighted by Crippen LogP contribution is 2.20. The smallest absolute Gasteiger partial charge is 0.325 e. The first-order chi connectivity index (χ1) is 16.3.